The Labute approximate surface area is 115 Å². The van der Waals surface area contributed by atoms with Crippen molar-refractivity contribution in [3.63, 3.8) is 0 Å². The van der Waals surface area contributed by atoms with Crippen LogP contribution in [0.15, 0.2) is 18.2 Å². The van der Waals surface area contributed by atoms with Gasteiger partial charge in [-0.3, -0.25) is 4.90 Å². The molecule has 1 aliphatic rings. The summed E-state index contributed by atoms with van der Waals surface area (Å²) in [4.78, 5) is 4.90. The van der Waals surface area contributed by atoms with Crippen molar-refractivity contribution in [2.24, 2.45) is 0 Å². The summed E-state index contributed by atoms with van der Waals surface area (Å²) in [6.07, 6.45) is 1.22. The van der Waals surface area contributed by atoms with E-state index >= 15 is 0 Å². The molecule has 0 bridgehead atoms. The second kappa shape index (κ2) is 6.78. The number of rotatable bonds is 5. The van der Waals surface area contributed by atoms with Gasteiger partial charge in [-0.15, -0.1) is 0 Å². The van der Waals surface area contributed by atoms with Gasteiger partial charge in [-0.2, -0.15) is 0 Å². The van der Waals surface area contributed by atoms with E-state index in [0.717, 1.165) is 38.3 Å². The van der Waals surface area contributed by atoms with Crippen LogP contribution in [0.2, 0.25) is 0 Å². The van der Waals surface area contributed by atoms with E-state index in [9.17, 15) is 5.11 Å². The van der Waals surface area contributed by atoms with Crippen LogP contribution < -0.4 is 4.74 Å². The zero-order valence-electron chi connectivity index (χ0n) is 11.9. The highest BCUT2D eigenvalue weighted by atomic mass is 16.5. The lowest BCUT2D eigenvalue weighted by Crippen LogP contribution is -2.45. The lowest BCUT2D eigenvalue weighted by Gasteiger charge is -2.34. The molecule has 0 unspecified atom stereocenters. The Morgan fingerprint density at radius 3 is 2.42 bits per heavy atom. The number of piperazine rings is 1. The SMILES string of the molecule is CCCN1CCN(Cc2ccc(OC)cc2O)CC1. The summed E-state index contributed by atoms with van der Waals surface area (Å²) < 4.78 is 5.10. The van der Waals surface area contributed by atoms with E-state index in [-0.39, 0.29) is 0 Å². The highest BCUT2D eigenvalue weighted by Gasteiger charge is 2.17. The molecule has 0 spiro atoms. The summed E-state index contributed by atoms with van der Waals surface area (Å²) in [6, 6.07) is 5.54. The lowest BCUT2D eigenvalue weighted by atomic mass is 10.1. The molecule has 4 nitrogen and oxygen atoms in total. The second-order valence-corrected chi connectivity index (χ2v) is 5.11. The number of hydrogen-bond donors (Lipinski definition) is 1. The predicted molar refractivity (Wildman–Crippen MR) is 76.7 cm³/mol. The van der Waals surface area contributed by atoms with Crippen molar-refractivity contribution in [3.8, 4) is 11.5 Å². The van der Waals surface area contributed by atoms with Gasteiger partial charge >= 0.3 is 0 Å². The molecule has 4 heteroatoms. The first-order valence-corrected chi connectivity index (χ1v) is 7.03. The second-order valence-electron chi connectivity index (χ2n) is 5.11. The molecule has 2 rings (SSSR count). The maximum Gasteiger partial charge on any atom is 0.123 e. The van der Waals surface area contributed by atoms with Gasteiger partial charge in [0.1, 0.15) is 11.5 Å². The fraction of sp³-hybridized carbons (Fsp3) is 0.600. The summed E-state index contributed by atoms with van der Waals surface area (Å²) in [5.74, 6) is 1.03. The number of benzene rings is 1. The molecule has 0 atom stereocenters. The van der Waals surface area contributed by atoms with Gasteiger partial charge in [0.15, 0.2) is 0 Å². The normalized spacial score (nSPS) is 17.6. The number of nitrogens with zero attached hydrogens (tertiary/aromatic N) is 2. The average Bonchev–Trinajstić information content (AvgIpc) is 2.43. The van der Waals surface area contributed by atoms with Crippen molar-refractivity contribution in [2.45, 2.75) is 19.9 Å². The minimum atomic E-state index is 0.329. The smallest absolute Gasteiger partial charge is 0.123 e. The summed E-state index contributed by atoms with van der Waals surface area (Å²) in [5.41, 5.74) is 0.977. The van der Waals surface area contributed by atoms with E-state index in [2.05, 4.69) is 16.7 Å². The van der Waals surface area contributed by atoms with Gasteiger partial charge in [0, 0.05) is 44.4 Å². The number of phenols is 1. The maximum absolute atomic E-state index is 9.97. The molecule has 1 aliphatic heterocycles. The van der Waals surface area contributed by atoms with Gasteiger partial charge in [0.2, 0.25) is 0 Å². The van der Waals surface area contributed by atoms with Crippen molar-refractivity contribution in [1.29, 1.82) is 0 Å². The van der Waals surface area contributed by atoms with Crippen molar-refractivity contribution in [1.82, 2.24) is 9.80 Å². The van der Waals surface area contributed by atoms with Gasteiger partial charge in [-0.25, -0.2) is 0 Å². The Bertz CT molecular complexity index is 401. The molecule has 1 aromatic rings. The molecule has 1 aromatic carbocycles. The molecule has 1 saturated heterocycles. The minimum Gasteiger partial charge on any atom is -0.507 e. The van der Waals surface area contributed by atoms with E-state index in [1.54, 1.807) is 13.2 Å². The molecule has 0 radical (unpaired) electrons. The van der Waals surface area contributed by atoms with E-state index in [4.69, 9.17) is 4.74 Å². The third kappa shape index (κ3) is 3.85. The van der Waals surface area contributed by atoms with Gasteiger partial charge in [0.25, 0.3) is 0 Å². The van der Waals surface area contributed by atoms with Crippen LogP contribution in [-0.2, 0) is 6.54 Å². The van der Waals surface area contributed by atoms with Crippen molar-refractivity contribution >= 4 is 0 Å². The van der Waals surface area contributed by atoms with E-state index < -0.39 is 0 Å². The van der Waals surface area contributed by atoms with Gasteiger partial charge in [0.05, 0.1) is 7.11 Å². The molecule has 1 N–H and O–H groups in total. The Balaban J connectivity index is 1.88. The molecule has 1 heterocycles. The largest absolute Gasteiger partial charge is 0.507 e. The molecule has 1 fully saturated rings. The fourth-order valence-corrected chi connectivity index (χ4v) is 2.53. The molecule has 19 heavy (non-hydrogen) atoms. The molecule has 0 aliphatic carbocycles. The molecule has 106 valence electrons. The van der Waals surface area contributed by atoms with Crippen LogP contribution >= 0.6 is 0 Å². The molecule has 0 aromatic heterocycles. The van der Waals surface area contributed by atoms with Crippen molar-refractivity contribution in [2.75, 3.05) is 39.8 Å². The fourth-order valence-electron chi connectivity index (χ4n) is 2.53. The number of methoxy groups -OCH3 is 1. The average molecular weight is 264 g/mol. The Hall–Kier alpha value is -1.26. The number of hydrogen-bond acceptors (Lipinski definition) is 4. The van der Waals surface area contributed by atoms with Crippen LogP contribution in [0, 0.1) is 0 Å². The Kier molecular flexibility index (Phi) is 5.05. The van der Waals surface area contributed by atoms with Crippen LogP contribution in [0.5, 0.6) is 11.5 Å². The zero-order chi connectivity index (χ0) is 13.7. The van der Waals surface area contributed by atoms with Crippen LogP contribution in [0.25, 0.3) is 0 Å². The predicted octanol–water partition coefficient (Wildman–Crippen LogP) is 1.93. The van der Waals surface area contributed by atoms with Crippen LogP contribution in [-0.4, -0.2) is 54.7 Å². The van der Waals surface area contributed by atoms with Crippen LogP contribution in [0.3, 0.4) is 0 Å². The van der Waals surface area contributed by atoms with E-state index in [1.165, 1.54) is 13.0 Å². The Morgan fingerprint density at radius 1 is 1.16 bits per heavy atom. The lowest BCUT2D eigenvalue weighted by molar-refractivity contribution is 0.126. The minimum absolute atomic E-state index is 0.329. The third-order valence-corrected chi connectivity index (χ3v) is 3.69. The molecular weight excluding hydrogens is 240 g/mol. The van der Waals surface area contributed by atoms with Gasteiger partial charge in [-0.05, 0) is 19.0 Å². The van der Waals surface area contributed by atoms with Gasteiger partial charge < -0.3 is 14.7 Å². The quantitative estimate of drug-likeness (QED) is 0.881. The first-order chi connectivity index (χ1) is 9.22. The van der Waals surface area contributed by atoms with Crippen molar-refractivity contribution in [3.05, 3.63) is 23.8 Å². The standard InChI is InChI=1S/C15H24N2O2/c1-3-6-16-7-9-17(10-8-16)12-13-4-5-14(19-2)11-15(13)18/h4-5,11,18H,3,6-10,12H2,1-2H3. The van der Waals surface area contributed by atoms with Gasteiger partial charge in [-0.1, -0.05) is 13.0 Å². The summed E-state index contributed by atoms with van der Waals surface area (Å²) in [7, 11) is 1.61. The number of aromatic hydroxyl groups is 1. The topological polar surface area (TPSA) is 35.9 Å². The van der Waals surface area contributed by atoms with Crippen LogP contribution in [0.1, 0.15) is 18.9 Å². The summed E-state index contributed by atoms with van der Waals surface area (Å²) in [5, 5.41) is 9.97. The van der Waals surface area contributed by atoms with E-state index in [1.807, 2.05) is 12.1 Å². The highest BCUT2D eigenvalue weighted by Crippen LogP contribution is 2.24. The summed E-state index contributed by atoms with van der Waals surface area (Å²) in [6.45, 7) is 8.64. The van der Waals surface area contributed by atoms with Crippen LogP contribution in [0.4, 0.5) is 0 Å². The maximum atomic E-state index is 9.97. The zero-order valence-corrected chi connectivity index (χ0v) is 11.9. The highest BCUT2D eigenvalue weighted by molar-refractivity contribution is 5.39. The number of ether oxygens (including phenoxy) is 1. The first kappa shape index (κ1) is 14.2. The summed E-state index contributed by atoms with van der Waals surface area (Å²) >= 11 is 0. The Morgan fingerprint density at radius 2 is 1.84 bits per heavy atom. The first-order valence-electron chi connectivity index (χ1n) is 7.03. The van der Waals surface area contributed by atoms with Crippen molar-refractivity contribution < 1.29 is 9.84 Å². The molecule has 0 amide bonds. The molecule has 0 saturated carbocycles. The molecular formula is C15H24N2O2. The van der Waals surface area contributed by atoms with E-state index in [0.29, 0.717) is 11.5 Å². The number of phenolic OH excluding ortho intramolecular Hbond substituents is 1. The monoisotopic (exact) mass is 264 g/mol. The third-order valence-electron chi connectivity index (χ3n) is 3.69.